The molecule has 4 heterocycles. The number of rotatable bonds is 3. The number of hydrogen-bond donors (Lipinski definition) is 2. The van der Waals surface area contributed by atoms with Gasteiger partial charge in [-0.15, -0.1) is 0 Å². The summed E-state index contributed by atoms with van der Waals surface area (Å²) < 4.78 is 5.32. The number of H-pyrrole nitrogens is 1. The van der Waals surface area contributed by atoms with E-state index in [9.17, 15) is 0 Å². The van der Waals surface area contributed by atoms with Crippen LogP contribution in [0, 0.1) is 5.92 Å². The Morgan fingerprint density at radius 2 is 2.11 bits per heavy atom. The first-order chi connectivity index (χ1) is 9.37. The lowest BCUT2D eigenvalue weighted by Gasteiger charge is -2.27. The van der Waals surface area contributed by atoms with Crippen molar-refractivity contribution in [3.63, 3.8) is 0 Å². The average molecular weight is 260 g/mol. The molecule has 2 fully saturated rings. The molecule has 0 amide bonds. The molecule has 2 aromatic rings. The van der Waals surface area contributed by atoms with Crippen LogP contribution in [0.5, 0.6) is 0 Å². The van der Waals surface area contributed by atoms with Crippen LogP contribution in [-0.4, -0.2) is 37.6 Å². The van der Waals surface area contributed by atoms with E-state index in [-0.39, 0.29) is 0 Å². The summed E-state index contributed by atoms with van der Waals surface area (Å²) in [6, 6.07) is 1.39. The van der Waals surface area contributed by atoms with Crippen molar-refractivity contribution >= 4 is 0 Å². The van der Waals surface area contributed by atoms with Crippen LogP contribution in [0.3, 0.4) is 0 Å². The van der Waals surface area contributed by atoms with Gasteiger partial charge in [0.25, 0.3) is 0 Å². The molecule has 2 aromatic heterocycles. The molecule has 19 heavy (non-hydrogen) atoms. The molecule has 2 atom stereocenters. The van der Waals surface area contributed by atoms with Gasteiger partial charge in [-0.3, -0.25) is 0 Å². The van der Waals surface area contributed by atoms with Gasteiger partial charge in [0.05, 0.1) is 6.20 Å². The first kappa shape index (κ1) is 11.1. The standard InChI is InChI=1S/C12H16N6O/c1-2-9-4-7(3-8(1)14-9)5-11-15-12(17-19-11)10-6-13-18-16-10/h6-9,14H,1-5H2,(H,13,16,18). The topological polar surface area (TPSA) is 92.5 Å². The summed E-state index contributed by atoms with van der Waals surface area (Å²) in [6.07, 6.45) is 7.54. The molecule has 2 bridgehead atoms. The lowest BCUT2D eigenvalue weighted by molar-refractivity contribution is 0.270. The molecule has 0 radical (unpaired) electrons. The van der Waals surface area contributed by atoms with E-state index >= 15 is 0 Å². The van der Waals surface area contributed by atoms with Crippen LogP contribution in [0.15, 0.2) is 10.7 Å². The lowest BCUT2D eigenvalue weighted by atomic mass is 9.90. The Kier molecular flexibility index (Phi) is 2.58. The predicted molar refractivity (Wildman–Crippen MR) is 66.0 cm³/mol. The Morgan fingerprint density at radius 3 is 2.84 bits per heavy atom. The number of nitrogens with one attached hydrogen (secondary N) is 2. The molecule has 4 rings (SSSR count). The van der Waals surface area contributed by atoms with E-state index in [4.69, 9.17) is 4.52 Å². The van der Waals surface area contributed by atoms with Gasteiger partial charge in [-0.05, 0) is 31.6 Å². The zero-order valence-corrected chi connectivity index (χ0v) is 10.5. The molecule has 2 saturated heterocycles. The second-order valence-corrected chi connectivity index (χ2v) is 5.55. The fraction of sp³-hybridized carbons (Fsp3) is 0.667. The van der Waals surface area contributed by atoms with Gasteiger partial charge >= 0.3 is 0 Å². The summed E-state index contributed by atoms with van der Waals surface area (Å²) in [5.74, 6) is 1.88. The normalized spacial score (nSPS) is 29.8. The highest BCUT2D eigenvalue weighted by molar-refractivity contribution is 5.44. The zero-order valence-electron chi connectivity index (χ0n) is 10.5. The van der Waals surface area contributed by atoms with Crippen LogP contribution in [0.25, 0.3) is 11.5 Å². The minimum atomic E-state index is 0.514. The molecule has 2 aliphatic rings. The number of nitrogens with zero attached hydrogens (tertiary/aromatic N) is 4. The van der Waals surface area contributed by atoms with Crippen molar-refractivity contribution in [2.24, 2.45) is 5.92 Å². The molecule has 2 N–H and O–H groups in total. The second kappa shape index (κ2) is 4.41. The Labute approximate surface area is 110 Å². The van der Waals surface area contributed by atoms with Crippen molar-refractivity contribution in [1.29, 1.82) is 0 Å². The highest BCUT2D eigenvalue weighted by atomic mass is 16.5. The van der Waals surface area contributed by atoms with Gasteiger partial charge in [-0.1, -0.05) is 5.16 Å². The molecular formula is C12H16N6O. The van der Waals surface area contributed by atoms with Crippen molar-refractivity contribution in [1.82, 2.24) is 30.9 Å². The highest BCUT2D eigenvalue weighted by Gasteiger charge is 2.34. The zero-order chi connectivity index (χ0) is 12.7. The summed E-state index contributed by atoms with van der Waals surface area (Å²) in [4.78, 5) is 4.40. The minimum Gasteiger partial charge on any atom is -0.339 e. The molecule has 100 valence electrons. The van der Waals surface area contributed by atoms with E-state index in [1.54, 1.807) is 6.20 Å². The monoisotopic (exact) mass is 260 g/mol. The maximum absolute atomic E-state index is 5.32. The molecule has 2 aliphatic heterocycles. The van der Waals surface area contributed by atoms with Gasteiger partial charge in [0.1, 0.15) is 0 Å². The third kappa shape index (κ3) is 2.14. The fourth-order valence-electron chi connectivity index (χ4n) is 3.34. The highest BCUT2D eigenvalue weighted by Crippen LogP contribution is 2.32. The number of aromatic amines is 1. The van der Waals surface area contributed by atoms with E-state index in [0.717, 1.165) is 6.42 Å². The summed E-state index contributed by atoms with van der Waals surface area (Å²) in [7, 11) is 0. The van der Waals surface area contributed by atoms with Crippen LogP contribution in [-0.2, 0) is 6.42 Å². The molecular weight excluding hydrogens is 244 g/mol. The second-order valence-electron chi connectivity index (χ2n) is 5.55. The maximum atomic E-state index is 5.32. The van der Waals surface area contributed by atoms with Crippen molar-refractivity contribution < 1.29 is 4.52 Å². The van der Waals surface area contributed by atoms with Crippen LogP contribution in [0.1, 0.15) is 31.6 Å². The smallest absolute Gasteiger partial charge is 0.227 e. The number of fused-ring (bicyclic) bond motifs is 2. The molecule has 0 spiro atoms. The molecule has 7 heteroatoms. The Bertz CT molecular complexity index is 538. The third-order valence-corrected chi connectivity index (χ3v) is 4.15. The van der Waals surface area contributed by atoms with Gasteiger partial charge in [-0.25, -0.2) is 0 Å². The van der Waals surface area contributed by atoms with Crippen LogP contribution in [0.4, 0.5) is 0 Å². The van der Waals surface area contributed by atoms with Crippen LogP contribution in [0.2, 0.25) is 0 Å². The van der Waals surface area contributed by atoms with Crippen molar-refractivity contribution in [2.45, 2.75) is 44.2 Å². The number of piperidine rings is 1. The van der Waals surface area contributed by atoms with E-state index in [2.05, 4.69) is 30.9 Å². The summed E-state index contributed by atoms with van der Waals surface area (Å²) >= 11 is 0. The molecule has 0 saturated carbocycles. The van der Waals surface area contributed by atoms with E-state index in [0.29, 0.717) is 35.4 Å². The summed E-state index contributed by atoms with van der Waals surface area (Å²) in [5.41, 5.74) is 0.625. The van der Waals surface area contributed by atoms with Crippen molar-refractivity contribution in [3.8, 4) is 11.5 Å². The fourth-order valence-corrected chi connectivity index (χ4v) is 3.34. The van der Waals surface area contributed by atoms with Crippen molar-refractivity contribution in [2.75, 3.05) is 0 Å². The Balaban J connectivity index is 1.46. The predicted octanol–water partition coefficient (Wildman–Crippen LogP) is 0.928. The SMILES string of the molecule is c1n[nH]nc1-c1noc(CC2CC3CCC(C2)N3)n1. The molecule has 2 unspecified atom stereocenters. The van der Waals surface area contributed by atoms with Gasteiger partial charge < -0.3 is 9.84 Å². The maximum Gasteiger partial charge on any atom is 0.227 e. The minimum absolute atomic E-state index is 0.514. The first-order valence-electron chi connectivity index (χ1n) is 6.81. The third-order valence-electron chi connectivity index (χ3n) is 4.15. The van der Waals surface area contributed by atoms with Gasteiger partial charge in [0.15, 0.2) is 5.69 Å². The lowest BCUT2D eigenvalue weighted by Crippen LogP contribution is -2.38. The van der Waals surface area contributed by atoms with Crippen LogP contribution < -0.4 is 5.32 Å². The Morgan fingerprint density at radius 1 is 1.26 bits per heavy atom. The molecule has 0 aliphatic carbocycles. The van der Waals surface area contributed by atoms with E-state index in [1.807, 2.05) is 0 Å². The van der Waals surface area contributed by atoms with E-state index in [1.165, 1.54) is 25.7 Å². The van der Waals surface area contributed by atoms with Gasteiger partial charge in [-0.2, -0.15) is 20.4 Å². The molecule has 0 aromatic carbocycles. The Hall–Kier alpha value is -1.76. The average Bonchev–Trinajstić information content (AvgIpc) is 3.10. The van der Waals surface area contributed by atoms with Crippen molar-refractivity contribution in [3.05, 3.63) is 12.1 Å². The quantitative estimate of drug-likeness (QED) is 0.852. The first-order valence-corrected chi connectivity index (χ1v) is 6.81. The largest absolute Gasteiger partial charge is 0.339 e. The van der Waals surface area contributed by atoms with E-state index < -0.39 is 0 Å². The van der Waals surface area contributed by atoms with Gasteiger partial charge in [0.2, 0.25) is 11.7 Å². The molecule has 7 nitrogen and oxygen atoms in total. The summed E-state index contributed by atoms with van der Waals surface area (Å²) in [6.45, 7) is 0. The van der Waals surface area contributed by atoms with Gasteiger partial charge in [0, 0.05) is 18.5 Å². The number of aromatic nitrogens is 5. The van der Waals surface area contributed by atoms with Crippen LogP contribution >= 0.6 is 0 Å². The number of hydrogen-bond acceptors (Lipinski definition) is 6. The summed E-state index contributed by atoms with van der Waals surface area (Å²) in [5, 5.41) is 17.8.